The summed E-state index contributed by atoms with van der Waals surface area (Å²) in [4.78, 5) is 47.3. The Bertz CT molecular complexity index is 1470. The number of aromatic nitrogens is 4. The second-order valence-corrected chi connectivity index (χ2v) is 8.48. The first kappa shape index (κ1) is 22.3. The quantitative estimate of drug-likeness (QED) is 0.394. The summed E-state index contributed by atoms with van der Waals surface area (Å²) >= 11 is 0. The number of urea groups is 1. The molecule has 2 saturated heterocycles. The number of ether oxygens (including phenoxy) is 1. The Labute approximate surface area is 209 Å². The molecule has 2 aliphatic heterocycles. The van der Waals surface area contributed by atoms with Crippen LogP contribution in [0.5, 0.6) is 11.6 Å². The first-order valence-corrected chi connectivity index (χ1v) is 11.5. The van der Waals surface area contributed by atoms with E-state index in [4.69, 9.17) is 9.15 Å². The first-order valence-electron chi connectivity index (χ1n) is 11.5. The molecule has 6 rings (SSSR count). The lowest BCUT2D eigenvalue weighted by atomic mass is 9.92. The molecule has 2 fully saturated rings. The first-order chi connectivity index (χ1) is 18.0. The maximum atomic E-state index is 12.6. The number of anilines is 1. The molecule has 5 heterocycles. The van der Waals surface area contributed by atoms with E-state index in [1.165, 1.54) is 12.5 Å². The second-order valence-electron chi connectivity index (χ2n) is 8.48. The molecule has 37 heavy (non-hydrogen) atoms. The monoisotopic (exact) mass is 497 g/mol. The van der Waals surface area contributed by atoms with Gasteiger partial charge in [0.25, 0.3) is 11.8 Å². The minimum atomic E-state index is -1.47. The summed E-state index contributed by atoms with van der Waals surface area (Å²) in [6.45, 7) is 0.470. The standard InChI is InChI=1S/C25H19N7O5/c33-22-25(23(34)30-24(35)29-22)10-2-12-32(25)16-6-9-20(26-13-16)37-17-7-4-15(5-8-17)21-28-19(14-36-21)18-3-1-11-27-31-18/h1,3-9,11,13-14H,2,10,12H2,(H2,29,30,33,34,35). The van der Waals surface area contributed by atoms with Gasteiger partial charge in [0.2, 0.25) is 11.8 Å². The number of hydrogen-bond donors (Lipinski definition) is 2. The number of nitrogens with one attached hydrogen (secondary N) is 2. The van der Waals surface area contributed by atoms with Crippen molar-refractivity contribution in [3.05, 3.63) is 67.2 Å². The van der Waals surface area contributed by atoms with Gasteiger partial charge >= 0.3 is 6.03 Å². The summed E-state index contributed by atoms with van der Waals surface area (Å²) in [7, 11) is 0. The molecule has 4 aromatic rings. The molecule has 12 nitrogen and oxygen atoms in total. The predicted molar refractivity (Wildman–Crippen MR) is 128 cm³/mol. The molecule has 1 spiro atoms. The lowest BCUT2D eigenvalue weighted by Gasteiger charge is -2.38. The number of amides is 4. The van der Waals surface area contributed by atoms with Gasteiger partial charge in [0.05, 0.1) is 11.9 Å². The SMILES string of the molecule is O=C1NC(=O)C2(CCCN2c2ccc(Oc3ccc(-c4nc(-c5cccnn5)co4)cc3)nc2)C(=O)N1. The number of pyridine rings is 1. The molecule has 0 saturated carbocycles. The van der Waals surface area contributed by atoms with Crippen LogP contribution in [0, 0.1) is 0 Å². The number of oxazole rings is 1. The molecule has 184 valence electrons. The van der Waals surface area contributed by atoms with E-state index < -0.39 is 23.4 Å². The zero-order valence-electron chi connectivity index (χ0n) is 19.2. The highest BCUT2D eigenvalue weighted by Gasteiger charge is 2.57. The van der Waals surface area contributed by atoms with Crippen LogP contribution in [0.4, 0.5) is 10.5 Å². The van der Waals surface area contributed by atoms with Gasteiger partial charge in [-0.15, -0.1) is 5.10 Å². The second kappa shape index (κ2) is 8.82. The zero-order valence-corrected chi connectivity index (χ0v) is 19.2. The third kappa shape index (κ3) is 3.93. The Morgan fingerprint density at radius 2 is 1.78 bits per heavy atom. The summed E-state index contributed by atoms with van der Waals surface area (Å²) in [5, 5.41) is 12.3. The summed E-state index contributed by atoms with van der Waals surface area (Å²) in [6, 6.07) is 13.3. The van der Waals surface area contributed by atoms with Crippen molar-refractivity contribution in [3.8, 4) is 34.5 Å². The van der Waals surface area contributed by atoms with E-state index >= 15 is 0 Å². The van der Waals surface area contributed by atoms with Crippen LogP contribution in [0.3, 0.4) is 0 Å². The fourth-order valence-corrected chi connectivity index (χ4v) is 4.53. The molecule has 3 aromatic heterocycles. The largest absolute Gasteiger partial charge is 0.444 e. The van der Waals surface area contributed by atoms with E-state index in [-0.39, 0.29) is 0 Å². The smallest absolute Gasteiger partial charge is 0.328 e. The molecule has 0 unspecified atom stereocenters. The van der Waals surface area contributed by atoms with Crippen LogP contribution < -0.4 is 20.3 Å². The highest BCUT2D eigenvalue weighted by molar-refractivity contribution is 6.24. The number of carbonyl (C=O) groups is 3. The third-order valence-electron chi connectivity index (χ3n) is 6.28. The number of rotatable bonds is 5. The number of hydrogen-bond acceptors (Lipinski definition) is 10. The Morgan fingerprint density at radius 3 is 2.49 bits per heavy atom. The highest BCUT2D eigenvalue weighted by atomic mass is 16.5. The van der Waals surface area contributed by atoms with Gasteiger partial charge in [-0.05, 0) is 55.3 Å². The Hall–Kier alpha value is -5.13. The van der Waals surface area contributed by atoms with Crippen LogP contribution in [-0.2, 0) is 9.59 Å². The van der Waals surface area contributed by atoms with Crippen molar-refractivity contribution in [2.75, 3.05) is 11.4 Å². The number of imide groups is 2. The van der Waals surface area contributed by atoms with Gasteiger partial charge in [-0.25, -0.2) is 14.8 Å². The van der Waals surface area contributed by atoms with Crippen molar-refractivity contribution in [2.24, 2.45) is 0 Å². The molecule has 0 aliphatic carbocycles. The summed E-state index contributed by atoms with van der Waals surface area (Å²) < 4.78 is 11.4. The van der Waals surface area contributed by atoms with Crippen molar-refractivity contribution >= 4 is 23.5 Å². The third-order valence-corrected chi connectivity index (χ3v) is 6.28. The minimum Gasteiger partial charge on any atom is -0.444 e. The molecule has 0 atom stereocenters. The highest BCUT2D eigenvalue weighted by Crippen LogP contribution is 2.36. The van der Waals surface area contributed by atoms with Crippen LogP contribution in [0.15, 0.2) is 71.6 Å². The average molecular weight is 497 g/mol. The van der Waals surface area contributed by atoms with Crippen LogP contribution in [0.2, 0.25) is 0 Å². The molecule has 2 aliphatic rings. The summed E-state index contributed by atoms with van der Waals surface area (Å²) in [5.41, 5.74) is 1.06. The van der Waals surface area contributed by atoms with Crippen LogP contribution in [0.1, 0.15) is 12.8 Å². The van der Waals surface area contributed by atoms with Gasteiger partial charge in [0.1, 0.15) is 23.4 Å². The van der Waals surface area contributed by atoms with Gasteiger partial charge in [0.15, 0.2) is 5.54 Å². The van der Waals surface area contributed by atoms with Crippen molar-refractivity contribution in [2.45, 2.75) is 18.4 Å². The van der Waals surface area contributed by atoms with Gasteiger partial charge in [-0.2, -0.15) is 5.10 Å². The van der Waals surface area contributed by atoms with Gasteiger partial charge < -0.3 is 14.1 Å². The van der Waals surface area contributed by atoms with Crippen molar-refractivity contribution in [1.29, 1.82) is 0 Å². The molecule has 0 radical (unpaired) electrons. The zero-order chi connectivity index (χ0) is 25.4. The molecule has 1 aromatic carbocycles. The number of nitrogens with zero attached hydrogens (tertiary/aromatic N) is 5. The Morgan fingerprint density at radius 1 is 0.973 bits per heavy atom. The molecule has 4 amide bonds. The molecular formula is C25H19N7O5. The van der Waals surface area contributed by atoms with Crippen molar-refractivity contribution in [3.63, 3.8) is 0 Å². The van der Waals surface area contributed by atoms with E-state index in [2.05, 4.69) is 30.8 Å². The summed E-state index contributed by atoms with van der Waals surface area (Å²) in [6.07, 6.45) is 5.57. The maximum Gasteiger partial charge on any atom is 0.328 e. The minimum absolute atomic E-state index is 0.299. The van der Waals surface area contributed by atoms with E-state index in [1.807, 2.05) is 12.1 Å². The van der Waals surface area contributed by atoms with E-state index in [1.54, 1.807) is 47.5 Å². The van der Waals surface area contributed by atoms with E-state index in [0.717, 1.165) is 5.56 Å². The van der Waals surface area contributed by atoms with Crippen LogP contribution >= 0.6 is 0 Å². The summed E-state index contributed by atoms with van der Waals surface area (Å²) in [5.74, 6) is 0.0557. The van der Waals surface area contributed by atoms with E-state index in [0.29, 0.717) is 54.0 Å². The van der Waals surface area contributed by atoms with Gasteiger partial charge in [0, 0.05) is 24.4 Å². The normalized spacial score (nSPS) is 16.5. The topological polar surface area (TPSA) is 152 Å². The Kier molecular flexibility index (Phi) is 5.33. The fourth-order valence-electron chi connectivity index (χ4n) is 4.53. The predicted octanol–water partition coefficient (Wildman–Crippen LogP) is 2.69. The molecule has 2 N–H and O–H groups in total. The lowest BCUT2D eigenvalue weighted by Crippen LogP contribution is -2.71. The number of carbonyl (C=O) groups excluding carboxylic acids is 3. The lowest BCUT2D eigenvalue weighted by molar-refractivity contribution is -0.137. The Balaban J connectivity index is 1.16. The van der Waals surface area contributed by atoms with Gasteiger partial charge in [-0.3, -0.25) is 20.2 Å². The maximum absolute atomic E-state index is 12.6. The van der Waals surface area contributed by atoms with Crippen LogP contribution in [0.25, 0.3) is 22.8 Å². The van der Waals surface area contributed by atoms with Crippen LogP contribution in [-0.4, -0.2) is 50.1 Å². The van der Waals surface area contributed by atoms with Gasteiger partial charge in [-0.1, -0.05) is 0 Å². The van der Waals surface area contributed by atoms with Crippen molar-refractivity contribution < 1.29 is 23.5 Å². The fraction of sp³-hybridized carbons (Fsp3) is 0.160. The number of benzene rings is 1. The molecule has 12 heteroatoms. The average Bonchev–Trinajstić information content (AvgIpc) is 3.58. The number of barbiturate groups is 1. The van der Waals surface area contributed by atoms with Crippen molar-refractivity contribution in [1.82, 2.24) is 30.8 Å². The molecular weight excluding hydrogens is 478 g/mol. The molecule has 0 bridgehead atoms. The van der Waals surface area contributed by atoms with E-state index in [9.17, 15) is 14.4 Å².